The zero-order valence-corrected chi connectivity index (χ0v) is 13.2. The molecule has 22 heavy (non-hydrogen) atoms. The van der Waals surface area contributed by atoms with Gasteiger partial charge in [-0.3, -0.25) is 5.10 Å². The van der Waals surface area contributed by atoms with E-state index in [0.717, 1.165) is 34.3 Å². The molecule has 0 unspecified atom stereocenters. The number of fused-ring (bicyclic) bond motifs is 1. The molecule has 3 aromatic rings. The highest BCUT2D eigenvalue weighted by Crippen LogP contribution is 2.27. The van der Waals surface area contributed by atoms with Crippen molar-refractivity contribution in [2.75, 3.05) is 7.11 Å². The monoisotopic (exact) mass is 312 g/mol. The minimum Gasteiger partial charge on any atom is -0.496 e. The number of H-pyrrole nitrogens is 1. The smallest absolute Gasteiger partial charge is 0.216 e. The molecular formula is C16H16N4OS. The Hall–Kier alpha value is -2.47. The summed E-state index contributed by atoms with van der Waals surface area (Å²) in [5.41, 5.74) is 1.00. The molecule has 112 valence electrons. The lowest BCUT2D eigenvalue weighted by Gasteiger charge is -2.07. The van der Waals surface area contributed by atoms with Crippen molar-refractivity contribution in [2.24, 2.45) is 5.10 Å². The van der Waals surface area contributed by atoms with E-state index in [2.05, 4.69) is 21.4 Å². The van der Waals surface area contributed by atoms with E-state index >= 15 is 0 Å². The van der Waals surface area contributed by atoms with Crippen LogP contribution in [0.5, 0.6) is 5.75 Å². The number of nitrogens with one attached hydrogen (secondary N) is 1. The average molecular weight is 312 g/mol. The molecular weight excluding hydrogens is 296 g/mol. The van der Waals surface area contributed by atoms with E-state index in [1.165, 1.54) is 0 Å². The second-order valence-corrected chi connectivity index (χ2v) is 5.14. The molecule has 0 atom stereocenters. The number of rotatable bonds is 4. The van der Waals surface area contributed by atoms with Gasteiger partial charge in [0.25, 0.3) is 0 Å². The molecule has 1 N–H and O–H groups in total. The molecule has 0 saturated carbocycles. The van der Waals surface area contributed by atoms with Crippen LogP contribution in [0, 0.1) is 4.77 Å². The first-order chi connectivity index (χ1) is 10.7. The van der Waals surface area contributed by atoms with E-state index in [-0.39, 0.29) is 0 Å². The summed E-state index contributed by atoms with van der Waals surface area (Å²) in [5.74, 6) is 1.65. The Morgan fingerprint density at radius 1 is 1.27 bits per heavy atom. The van der Waals surface area contributed by atoms with Crippen LogP contribution in [0.4, 0.5) is 0 Å². The van der Waals surface area contributed by atoms with Crippen molar-refractivity contribution in [1.29, 1.82) is 0 Å². The lowest BCUT2D eigenvalue weighted by Crippen LogP contribution is -1.98. The van der Waals surface area contributed by atoms with Crippen molar-refractivity contribution < 1.29 is 4.74 Å². The molecule has 0 aliphatic heterocycles. The van der Waals surface area contributed by atoms with Crippen LogP contribution >= 0.6 is 12.2 Å². The van der Waals surface area contributed by atoms with Gasteiger partial charge in [0.05, 0.1) is 13.3 Å². The molecule has 0 fully saturated rings. The third-order valence-electron chi connectivity index (χ3n) is 3.48. The summed E-state index contributed by atoms with van der Waals surface area (Å²) in [5, 5.41) is 13.5. The molecule has 0 radical (unpaired) electrons. The normalized spacial score (nSPS) is 11.4. The van der Waals surface area contributed by atoms with Crippen molar-refractivity contribution in [3.05, 3.63) is 52.6 Å². The molecule has 5 nitrogen and oxygen atoms in total. The lowest BCUT2D eigenvalue weighted by molar-refractivity contribution is 0.420. The number of ether oxygens (including phenoxy) is 1. The molecule has 0 amide bonds. The van der Waals surface area contributed by atoms with E-state index in [1.807, 2.05) is 37.3 Å². The number of benzene rings is 2. The molecule has 1 aromatic heterocycles. The van der Waals surface area contributed by atoms with Gasteiger partial charge in [-0.1, -0.05) is 31.2 Å². The third-order valence-corrected chi connectivity index (χ3v) is 3.75. The Bertz CT molecular complexity index is 895. The Kier molecular flexibility index (Phi) is 4.02. The topological polar surface area (TPSA) is 55.2 Å². The zero-order valence-electron chi connectivity index (χ0n) is 12.4. The fourth-order valence-electron chi connectivity index (χ4n) is 2.38. The zero-order chi connectivity index (χ0) is 15.5. The van der Waals surface area contributed by atoms with Crippen LogP contribution in [0.1, 0.15) is 18.3 Å². The molecule has 1 heterocycles. The minimum absolute atomic E-state index is 0.492. The highest BCUT2D eigenvalue weighted by Gasteiger charge is 2.05. The fourth-order valence-corrected chi connectivity index (χ4v) is 2.58. The summed E-state index contributed by atoms with van der Waals surface area (Å²) in [7, 11) is 1.67. The standard InChI is InChI=1S/C16H16N4OS/c1-3-15-18-19-16(22)20(15)17-10-11-8-9-14(21-2)13-7-5-4-6-12(11)13/h4-10H,3H2,1-2H3,(H,19,22)/b17-10-. The van der Waals surface area contributed by atoms with Crippen LogP contribution in [0.3, 0.4) is 0 Å². The fraction of sp³-hybridized carbons (Fsp3) is 0.188. The molecule has 0 saturated heterocycles. The number of aromatic amines is 1. The SMILES string of the molecule is CCc1n[nH]c(=S)n1/N=C\c1ccc(OC)c2ccccc12. The van der Waals surface area contributed by atoms with Gasteiger partial charge in [-0.2, -0.15) is 14.9 Å². The maximum absolute atomic E-state index is 5.41. The van der Waals surface area contributed by atoms with Gasteiger partial charge in [0, 0.05) is 17.4 Å². The summed E-state index contributed by atoms with van der Waals surface area (Å²) < 4.78 is 7.55. The Morgan fingerprint density at radius 3 is 2.77 bits per heavy atom. The maximum atomic E-state index is 5.41. The molecule has 0 aliphatic rings. The van der Waals surface area contributed by atoms with Crippen molar-refractivity contribution in [1.82, 2.24) is 14.9 Å². The van der Waals surface area contributed by atoms with Gasteiger partial charge in [0.15, 0.2) is 5.82 Å². The van der Waals surface area contributed by atoms with Crippen LogP contribution in [-0.4, -0.2) is 28.2 Å². The molecule has 0 bridgehead atoms. The highest BCUT2D eigenvalue weighted by atomic mass is 32.1. The van der Waals surface area contributed by atoms with E-state index in [9.17, 15) is 0 Å². The van der Waals surface area contributed by atoms with Crippen LogP contribution in [0.25, 0.3) is 10.8 Å². The van der Waals surface area contributed by atoms with E-state index < -0.39 is 0 Å². The molecule has 6 heteroatoms. The summed E-state index contributed by atoms with van der Waals surface area (Å²) in [6.45, 7) is 2.01. The van der Waals surface area contributed by atoms with Gasteiger partial charge in [-0.15, -0.1) is 0 Å². The van der Waals surface area contributed by atoms with E-state index in [0.29, 0.717) is 4.77 Å². The second-order valence-electron chi connectivity index (χ2n) is 4.76. The van der Waals surface area contributed by atoms with Gasteiger partial charge in [0.2, 0.25) is 4.77 Å². The molecule has 0 aliphatic carbocycles. The predicted octanol–water partition coefficient (Wildman–Crippen LogP) is 3.55. The number of methoxy groups -OCH3 is 1. The number of nitrogens with zero attached hydrogens (tertiary/aromatic N) is 3. The average Bonchev–Trinajstić information content (AvgIpc) is 2.92. The van der Waals surface area contributed by atoms with Crippen LogP contribution in [-0.2, 0) is 6.42 Å². The third kappa shape index (κ3) is 2.53. The van der Waals surface area contributed by atoms with Crippen LogP contribution in [0.15, 0.2) is 41.5 Å². The summed E-state index contributed by atoms with van der Waals surface area (Å²) >= 11 is 5.20. The second kappa shape index (κ2) is 6.11. The first-order valence-electron chi connectivity index (χ1n) is 7.01. The van der Waals surface area contributed by atoms with Crippen molar-refractivity contribution in [2.45, 2.75) is 13.3 Å². The van der Waals surface area contributed by atoms with Crippen molar-refractivity contribution >= 4 is 29.2 Å². The summed E-state index contributed by atoms with van der Waals surface area (Å²) in [6.07, 6.45) is 2.56. The van der Waals surface area contributed by atoms with Crippen LogP contribution in [0.2, 0.25) is 0 Å². The van der Waals surface area contributed by atoms with E-state index in [1.54, 1.807) is 18.0 Å². The molecule has 3 rings (SSSR count). The highest BCUT2D eigenvalue weighted by molar-refractivity contribution is 7.71. The van der Waals surface area contributed by atoms with Gasteiger partial charge in [0.1, 0.15) is 5.75 Å². The number of hydrogen-bond donors (Lipinski definition) is 1. The Morgan fingerprint density at radius 2 is 2.05 bits per heavy atom. The maximum Gasteiger partial charge on any atom is 0.216 e. The van der Waals surface area contributed by atoms with Gasteiger partial charge in [-0.25, -0.2) is 0 Å². The lowest BCUT2D eigenvalue weighted by atomic mass is 10.0. The van der Waals surface area contributed by atoms with Crippen molar-refractivity contribution in [3.8, 4) is 5.75 Å². The largest absolute Gasteiger partial charge is 0.496 e. The summed E-state index contributed by atoms with van der Waals surface area (Å²) in [6, 6.07) is 12.0. The Balaban J connectivity index is 2.10. The van der Waals surface area contributed by atoms with Gasteiger partial charge >= 0.3 is 0 Å². The molecule has 2 aromatic carbocycles. The van der Waals surface area contributed by atoms with Gasteiger partial charge in [-0.05, 0) is 29.7 Å². The molecule has 0 spiro atoms. The minimum atomic E-state index is 0.492. The predicted molar refractivity (Wildman–Crippen MR) is 90.3 cm³/mol. The first kappa shape index (κ1) is 14.5. The van der Waals surface area contributed by atoms with Gasteiger partial charge < -0.3 is 4.74 Å². The number of hydrogen-bond acceptors (Lipinski definition) is 4. The number of aryl methyl sites for hydroxylation is 1. The van der Waals surface area contributed by atoms with E-state index in [4.69, 9.17) is 17.0 Å². The first-order valence-corrected chi connectivity index (χ1v) is 7.41. The quantitative estimate of drug-likeness (QED) is 0.592. The summed E-state index contributed by atoms with van der Waals surface area (Å²) in [4.78, 5) is 0. The van der Waals surface area contributed by atoms with Crippen molar-refractivity contribution in [3.63, 3.8) is 0 Å². The van der Waals surface area contributed by atoms with Crippen LogP contribution < -0.4 is 4.74 Å². The Labute approximate surface area is 133 Å². The number of aromatic nitrogens is 3.